The number of rotatable bonds is 21. The number of hydrogen-bond donors (Lipinski definition) is 2. The number of aliphatic hydroxyl groups excluding tert-OH is 1. The van der Waals surface area contributed by atoms with E-state index in [1.54, 1.807) is 17.1 Å². The van der Waals surface area contributed by atoms with Crippen LogP contribution in [0.3, 0.4) is 0 Å². The molecule has 0 aromatic carbocycles. The molecule has 202 valence electrons. The van der Waals surface area contributed by atoms with Crippen molar-refractivity contribution in [1.29, 1.82) is 0 Å². The molecule has 2 aromatic heterocycles. The molecule has 9 nitrogen and oxygen atoms in total. The van der Waals surface area contributed by atoms with Crippen molar-refractivity contribution in [3.8, 4) is 0 Å². The number of nitrogens with zero attached hydrogens (tertiary/aromatic N) is 4. The zero-order valence-electron chi connectivity index (χ0n) is 21.9. The molecule has 1 unspecified atom stereocenters. The van der Waals surface area contributed by atoms with Crippen molar-refractivity contribution < 1.29 is 19.4 Å². The molecule has 2 heterocycles. The van der Waals surface area contributed by atoms with Gasteiger partial charge in [0.15, 0.2) is 5.65 Å². The molecule has 0 spiro atoms. The Morgan fingerprint density at radius 1 is 1.03 bits per heavy atom. The van der Waals surface area contributed by atoms with Gasteiger partial charge in [0.1, 0.15) is 25.0 Å². The van der Waals surface area contributed by atoms with Crippen LogP contribution in [-0.4, -0.2) is 49.9 Å². The fourth-order valence-electron chi connectivity index (χ4n) is 3.90. The van der Waals surface area contributed by atoms with Gasteiger partial charge >= 0.3 is 5.97 Å². The maximum Gasteiger partial charge on any atom is 0.305 e. The lowest BCUT2D eigenvalue weighted by Gasteiger charge is -2.16. The van der Waals surface area contributed by atoms with Crippen molar-refractivity contribution in [2.75, 3.05) is 18.9 Å². The van der Waals surface area contributed by atoms with E-state index in [4.69, 9.17) is 15.2 Å². The Balaban J connectivity index is 1.45. The molecule has 0 aliphatic carbocycles. The van der Waals surface area contributed by atoms with Crippen LogP contribution in [0.2, 0.25) is 0 Å². The Morgan fingerprint density at radius 2 is 1.69 bits per heavy atom. The number of ether oxygens (including phenoxy) is 2. The molecule has 2 aromatic rings. The second-order valence-corrected chi connectivity index (χ2v) is 9.27. The highest BCUT2D eigenvalue weighted by Gasteiger charge is 2.13. The number of nitrogen functional groups attached to an aromatic ring is 1. The molecule has 0 aliphatic heterocycles. The van der Waals surface area contributed by atoms with Gasteiger partial charge in [-0.15, -0.1) is 0 Å². The SMILES string of the molecule is CCCCCCCCC=CCCCCCCCC(=O)OCC(CO)OCn1cnc2nc(N)ncc21. The molecule has 2 rings (SSSR count). The van der Waals surface area contributed by atoms with Crippen LogP contribution < -0.4 is 5.73 Å². The molecule has 0 fully saturated rings. The zero-order chi connectivity index (χ0) is 25.8. The largest absolute Gasteiger partial charge is 0.463 e. The summed E-state index contributed by atoms with van der Waals surface area (Å²) in [5.41, 5.74) is 6.70. The van der Waals surface area contributed by atoms with Gasteiger partial charge in [-0.2, -0.15) is 4.98 Å². The standard InChI is InChI=1S/C27H45N5O4/c1-2-3-4-5-6-7-8-9-10-11-12-13-14-15-16-17-25(34)35-20-23(19-33)36-22-32-21-30-26-24(32)18-29-27(28)31-26/h9-10,18,21,23,33H,2-8,11-17,19-20,22H2,1H3,(H2,28,29,31). The van der Waals surface area contributed by atoms with Crippen LogP contribution in [-0.2, 0) is 21.0 Å². The summed E-state index contributed by atoms with van der Waals surface area (Å²) in [6, 6.07) is 0. The predicted molar refractivity (Wildman–Crippen MR) is 142 cm³/mol. The molecular formula is C27H45N5O4. The Kier molecular flexibility index (Phi) is 15.4. The minimum Gasteiger partial charge on any atom is -0.463 e. The highest BCUT2D eigenvalue weighted by atomic mass is 16.6. The lowest BCUT2D eigenvalue weighted by molar-refractivity contribution is -0.150. The maximum absolute atomic E-state index is 12.0. The fourth-order valence-corrected chi connectivity index (χ4v) is 3.90. The van der Waals surface area contributed by atoms with Crippen LogP contribution in [0.15, 0.2) is 24.7 Å². The van der Waals surface area contributed by atoms with E-state index >= 15 is 0 Å². The number of hydrogen-bond acceptors (Lipinski definition) is 8. The summed E-state index contributed by atoms with van der Waals surface area (Å²) in [6.45, 7) is 2.14. The molecule has 9 heteroatoms. The third-order valence-electron chi connectivity index (χ3n) is 6.12. The maximum atomic E-state index is 12.0. The van der Waals surface area contributed by atoms with Crippen molar-refractivity contribution in [2.45, 2.75) is 110 Å². The van der Waals surface area contributed by atoms with Crippen molar-refractivity contribution >= 4 is 23.1 Å². The first-order chi connectivity index (χ1) is 17.6. The second kappa shape index (κ2) is 18.7. The molecular weight excluding hydrogens is 458 g/mol. The van der Waals surface area contributed by atoms with Crippen molar-refractivity contribution in [2.24, 2.45) is 0 Å². The monoisotopic (exact) mass is 503 g/mol. The molecule has 36 heavy (non-hydrogen) atoms. The van der Waals surface area contributed by atoms with E-state index in [0.29, 0.717) is 17.6 Å². The molecule has 0 saturated carbocycles. The zero-order valence-corrected chi connectivity index (χ0v) is 21.9. The van der Waals surface area contributed by atoms with Crippen LogP contribution in [0, 0.1) is 0 Å². The molecule has 0 amide bonds. The summed E-state index contributed by atoms with van der Waals surface area (Å²) in [7, 11) is 0. The first kappa shape index (κ1) is 29.7. The van der Waals surface area contributed by atoms with Gasteiger partial charge < -0.3 is 24.9 Å². The van der Waals surface area contributed by atoms with Gasteiger partial charge in [-0.05, 0) is 32.1 Å². The van der Waals surface area contributed by atoms with E-state index in [1.165, 1.54) is 57.8 Å². The van der Waals surface area contributed by atoms with Gasteiger partial charge in [-0.1, -0.05) is 70.4 Å². The average molecular weight is 504 g/mol. The fraction of sp³-hybridized carbons (Fsp3) is 0.704. The number of esters is 1. The van der Waals surface area contributed by atoms with Crippen LogP contribution >= 0.6 is 0 Å². The minimum absolute atomic E-state index is 0.0104. The lowest BCUT2D eigenvalue weighted by Crippen LogP contribution is -2.26. The molecule has 0 aliphatic rings. The summed E-state index contributed by atoms with van der Waals surface area (Å²) < 4.78 is 12.6. The first-order valence-electron chi connectivity index (χ1n) is 13.6. The summed E-state index contributed by atoms with van der Waals surface area (Å²) >= 11 is 0. The highest BCUT2D eigenvalue weighted by molar-refractivity contribution is 5.70. The summed E-state index contributed by atoms with van der Waals surface area (Å²) in [5.74, 6) is -0.105. The van der Waals surface area contributed by atoms with Gasteiger partial charge in [0, 0.05) is 6.42 Å². The van der Waals surface area contributed by atoms with Gasteiger partial charge in [0.05, 0.1) is 19.1 Å². The van der Waals surface area contributed by atoms with E-state index in [0.717, 1.165) is 25.7 Å². The van der Waals surface area contributed by atoms with Gasteiger partial charge in [-0.3, -0.25) is 4.79 Å². The Bertz CT molecular complexity index is 886. The van der Waals surface area contributed by atoms with E-state index in [2.05, 4.69) is 34.0 Å². The molecule has 0 saturated heterocycles. The Labute approximate surface area is 215 Å². The Hall–Kier alpha value is -2.52. The highest BCUT2D eigenvalue weighted by Crippen LogP contribution is 2.12. The number of aromatic nitrogens is 4. The van der Waals surface area contributed by atoms with E-state index < -0.39 is 6.10 Å². The second-order valence-electron chi connectivity index (χ2n) is 9.27. The third-order valence-corrected chi connectivity index (χ3v) is 6.12. The van der Waals surface area contributed by atoms with Gasteiger partial charge in [-0.25, -0.2) is 9.97 Å². The molecule has 0 radical (unpaired) electrons. The average Bonchev–Trinajstić information content (AvgIpc) is 3.28. The molecule has 3 N–H and O–H groups in total. The molecule has 0 bridgehead atoms. The number of imidazole rings is 1. The number of carbonyl (C=O) groups excluding carboxylic acids is 1. The number of carbonyl (C=O) groups is 1. The van der Waals surface area contributed by atoms with E-state index in [1.807, 2.05) is 0 Å². The summed E-state index contributed by atoms with van der Waals surface area (Å²) in [5, 5.41) is 9.55. The summed E-state index contributed by atoms with van der Waals surface area (Å²) in [6.07, 6.45) is 23.4. The van der Waals surface area contributed by atoms with Crippen molar-refractivity contribution in [1.82, 2.24) is 19.5 Å². The number of allylic oxidation sites excluding steroid dienone is 2. The number of unbranched alkanes of at least 4 members (excludes halogenated alkanes) is 11. The van der Waals surface area contributed by atoms with Crippen molar-refractivity contribution in [3.05, 3.63) is 24.7 Å². The number of anilines is 1. The number of nitrogens with two attached hydrogens (primary N) is 1. The van der Waals surface area contributed by atoms with E-state index in [-0.39, 0.29) is 31.9 Å². The van der Waals surface area contributed by atoms with Gasteiger partial charge in [0.2, 0.25) is 5.95 Å². The topological polar surface area (TPSA) is 125 Å². The van der Waals surface area contributed by atoms with Gasteiger partial charge in [0.25, 0.3) is 0 Å². The Morgan fingerprint density at radius 3 is 2.39 bits per heavy atom. The van der Waals surface area contributed by atoms with Crippen LogP contribution in [0.1, 0.15) is 96.8 Å². The minimum atomic E-state index is -0.616. The van der Waals surface area contributed by atoms with Crippen LogP contribution in [0.4, 0.5) is 5.95 Å². The number of fused-ring (bicyclic) bond motifs is 1. The van der Waals surface area contributed by atoms with E-state index in [9.17, 15) is 9.90 Å². The smallest absolute Gasteiger partial charge is 0.305 e. The van der Waals surface area contributed by atoms with Crippen molar-refractivity contribution in [3.63, 3.8) is 0 Å². The van der Waals surface area contributed by atoms with Crippen LogP contribution in [0.5, 0.6) is 0 Å². The molecule has 1 atom stereocenters. The van der Waals surface area contributed by atoms with Crippen LogP contribution in [0.25, 0.3) is 11.2 Å². The number of aliphatic hydroxyl groups is 1. The first-order valence-corrected chi connectivity index (χ1v) is 13.6. The third kappa shape index (κ3) is 12.4. The normalized spacial score (nSPS) is 12.5. The predicted octanol–water partition coefficient (Wildman–Crippen LogP) is 5.32. The summed E-state index contributed by atoms with van der Waals surface area (Å²) in [4.78, 5) is 24.2. The quantitative estimate of drug-likeness (QED) is 0.133. The lowest BCUT2D eigenvalue weighted by atomic mass is 10.1.